The first-order valence-electron chi connectivity index (χ1n) is 8.55. The molecule has 140 valence electrons. The molecule has 1 aliphatic heterocycles. The van der Waals surface area contributed by atoms with Gasteiger partial charge in [0.2, 0.25) is 11.8 Å². The first-order valence-corrected chi connectivity index (χ1v) is 8.55. The Morgan fingerprint density at radius 1 is 1.30 bits per heavy atom. The zero-order valence-electron chi connectivity index (χ0n) is 14.7. The molecule has 0 spiro atoms. The molecule has 0 saturated carbocycles. The predicted octanol–water partition coefficient (Wildman–Crippen LogP) is 0.707. The third-order valence-corrected chi connectivity index (χ3v) is 4.56. The van der Waals surface area contributed by atoms with Crippen LogP contribution in [0.5, 0.6) is 5.88 Å². The van der Waals surface area contributed by atoms with E-state index in [1.807, 2.05) is 30.3 Å². The summed E-state index contributed by atoms with van der Waals surface area (Å²) in [5, 5.41) is 10.0. The van der Waals surface area contributed by atoms with E-state index in [0.717, 1.165) is 5.56 Å². The van der Waals surface area contributed by atoms with E-state index < -0.39 is 12.2 Å². The number of aryl methyl sites for hydroxylation is 1. The first-order chi connectivity index (χ1) is 13.0. The van der Waals surface area contributed by atoms with E-state index in [0.29, 0.717) is 18.5 Å². The summed E-state index contributed by atoms with van der Waals surface area (Å²) in [6.45, 7) is 0.631. The molecule has 1 aliphatic rings. The molecular formula is C18H19N5O4. The second kappa shape index (κ2) is 6.93. The summed E-state index contributed by atoms with van der Waals surface area (Å²) in [7, 11) is 1.57. The highest BCUT2D eigenvalue weighted by molar-refractivity contribution is 5.77. The lowest BCUT2D eigenvalue weighted by Gasteiger charge is -2.15. The van der Waals surface area contributed by atoms with Gasteiger partial charge in [-0.2, -0.15) is 9.97 Å². The van der Waals surface area contributed by atoms with Gasteiger partial charge >= 0.3 is 0 Å². The molecule has 3 heterocycles. The summed E-state index contributed by atoms with van der Waals surface area (Å²) in [5.74, 6) is -0.335. The molecule has 1 aromatic carbocycles. The normalized spacial score (nSPS) is 19.5. The highest BCUT2D eigenvalue weighted by Gasteiger charge is 2.32. The van der Waals surface area contributed by atoms with Crippen LogP contribution in [-0.4, -0.2) is 37.5 Å². The predicted molar refractivity (Wildman–Crippen MR) is 97.1 cm³/mol. The summed E-state index contributed by atoms with van der Waals surface area (Å²) in [4.78, 5) is 25.4. The molecule has 3 aromatic rings. The van der Waals surface area contributed by atoms with Crippen LogP contribution in [0.1, 0.15) is 23.6 Å². The van der Waals surface area contributed by atoms with Crippen molar-refractivity contribution in [2.24, 2.45) is 7.05 Å². The van der Waals surface area contributed by atoms with E-state index in [1.165, 1.54) is 4.57 Å². The lowest BCUT2D eigenvalue weighted by molar-refractivity contribution is -0.0685. The third kappa shape index (κ3) is 3.22. The number of aliphatic hydroxyl groups excluding tert-OH is 1. The van der Waals surface area contributed by atoms with Crippen molar-refractivity contribution in [3.05, 3.63) is 51.9 Å². The molecule has 2 atom stereocenters. The Hall–Kier alpha value is -3.04. The van der Waals surface area contributed by atoms with Crippen LogP contribution in [-0.2, 0) is 18.4 Å². The van der Waals surface area contributed by atoms with Crippen molar-refractivity contribution in [3.63, 3.8) is 0 Å². The highest BCUT2D eigenvalue weighted by atomic mass is 16.6. The van der Waals surface area contributed by atoms with Gasteiger partial charge in [0, 0.05) is 7.05 Å². The molecular weight excluding hydrogens is 350 g/mol. The Balaban J connectivity index is 1.81. The van der Waals surface area contributed by atoms with Crippen LogP contribution in [0.4, 0.5) is 5.95 Å². The van der Waals surface area contributed by atoms with Crippen LogP contribution in [0.3, 0.4) is 0 Å². The molecule has 0 radical (unpaired) electrons. The molecule has 1 saturated heterocycles. The van der Waals surface area contributed by atoms with Crippen molar-refractivity contribution < 1.29 is 14.6 Å². The molecule has 4 rings (SSSR count). The zero-order chi connectivity index (χ0) is 19.0. The SMILES string of the molecule is Cn1c(=O)c([C@@H]2CCOC2O)nc2c(OCc3ccccc3)nc(N)nc21. The Kier molecular flexibility index (Phi) is 4.46. The molecule has 0 amide bonds. The van der Waals surface area contributed by atoms with Crippen LogP contribution in [0.15, 0.2) is 35.1 Å². The topological polar surface area (TPSA) is 125 Å². The molecule has 27 heavy (non-hydrogen) atoms. The van der Waals surface area contributed by atoms with Gasteiger partial charge < -0.3 is 20.3 Å². The second-order valence-corrected chi connectivity index (χ2v) is 6.35. The molecule has 9 nitrogen and oxygen atoms in total. The van der Waals surface area contributed by atoms with Gasteiger partial charge in [0.1, 0.15) is 12.3 Å². The summed E-state index contributed by atoms with van der Waals surface area (Å²) in [6, 6.07) is 9.58. The minimum absolute atomic E-state index is 0.0145. The van der Waals surface area contributed by atoms with Crippen LogP contribution in [0, 0.1) is 0 Å². The van der Waals surface area contributed by atoms with Crippen molar-refractivity contribution in [2.75, 3.05) is 12.3 Å². The lowest BCUT2D eigenvalue weighted by atomic mass is 10.0. The van der Waals surface area contributed by atoms with Crippen molar-refractivity contribution in [1.82, 2.24) is 19.5 Å². The number of nitrogens with two attached hydrogens (primary N) is 1. The molecule has 3 N–H and O–H groups in total. The monoisotopic (exact) mass is 369 g/mol. The zero-order valence-corrected chi connectivity index (χ0v) is 14.7. The smallest absolute Gasteiger partial charge is 0.274 e. The molecule has 1 unspecified atom stereocenters. The van der Waals surface area contributed by atoms with Crippen LogP contribution < -0.4 is 16.0 Å². The van der Waals surface area contributed by atoms with E-state index >= 15 is 0 Å². The van der Waals surface area contributed by atoms with Crippen LogP contribution >= 0.6 is 0 Å². The maximum absolute atomic E-state index is 12.7. The maximum Gasteiger partial charge on any atom is 0.274 e. The largest absolute Gasteiger partial charge is 0.471 e. The Bertz CT molecular complexity index is 1040. The van der Waals surface area contributed by atoms with Gasteiger partial charge in [-0.3, -0.25) is 9.36 Å². The standard InChI is InChI=1S/C18H19N5O4/c1-23-14-13(20-12(16(23)24)11-7-8-26-17(11)25)15(22-18(19)21-14)27-9-10-5-3-2-4-6-10/h2-6,11,17,25H,7-9H2,1H3,(H2,19,21,22)/t11-,17?/m0/s1. The first kappa shape index (κ1) is 17.4. The quantitative estimate of drug-likeness (QED) is 0.689. The van der Waals surface area contributed by atoms with Gasteiger partial charge in [-0.1, -0.05) is 30.3 Å². The lowest BCUT2D eigenvalue weighted by Crippen LogP contribution is -2.29. The second-order valence-electron chi connectivity index (χ2n) is 6.35. The molecule has 1 fully saturated rings. The molecule has 0 aliphatic carbocycles. The summed E-state index contributed by atoms with van der Waals surface area (Å²) < 4.78 is 12.3. The van der Waals surface area contributed by atoms with Crippen LogP contribution in [0.25, 0.3) is 11.2 Å². The number of nitrogen functional groups attached to an aromatic ring is 1. The van der Waals surface area contributed by atoms with E-state index in [9.17, 15) is 9.90 Å². The molecule has 9 heteroatoms. The van der Waals surface area contributed by atoms with Gasteiger partial charge in [-0.15, -0.1) is 0 Å². The Morgan fingerprint density at radius 3 is 2.78 bits per heavy atom. The summed E-state index contributed by atoms with van der Waals surface area (Å²) in [6.07, 6.45) is -0.559. The third-order valence-electron chi connectivity index (χ3n) is 4.56. The van der Waals surface area contributed by atoms with E-state index in [4.69, 9.17) is 15.2 Å². The van der Waals surface area contributed by atoms with Gasteiger partial charge in [0.05, 0.1) is 12.5 Å². The fourth-order valence-electron chi connectivity index (χ4n) is 3.12. The molecule has 2 aromatic heterocycles. The number of nitrogens with zero attached hydrogens (tertiary/aromatic N) is 4. The number of aliphatic hydroxyl groups is 1. The van der Waals surface area contributed by atoms with E-state index in [-0.39, 0.29) is 35.3 Å². The van der Waals surface area contributed by atoms with E-state index in [2.05, 4.69) is 15.0 Å². The number of hydrogen-bond acceptors (Lipinski definition) is 8. The van der Waals surface area contributed by atoms with Crippen LogP contribution in [0.2, 0.25) is 0 Å². The number of anilines is 1. The number of aromatic nitrogens is 4. The Morgan fingerprint density at radius 2 is 2.07 bits per heavy atom. The maximum atomic E-state index is 12.7. The fraction of sp³-hybridized carbons (Fsp3) is 0.333. The minimum Gasteiger partial charge on any atom is -0.471 e. The number of ether oxygens (including phenoxy) is 2. The number of rotatable bonds is 4. The highest BCUT2D eigenvalue weighted by Crippen LogP contribution is 2.29. The Labute approximate surface area is 154 Å². The average Bonchev–Trinajstić information content (AvgIpc) is 3.09. The van der Waals surface area contributed by atoms with Crippen molar-refractivity contribution in [3.8, 4) is 5.88 Å². The van der Waals surface area contributed by atoms with Gasteiger partial charge in [-0.25, -0.2) is 4.98 Å². The van der Waals surface area contributed by atoms with Gasteiger partial charge in [0.15, 0.2) is 17.5 Å². The molecule has 0 bridgehead atoms. The number of benzene rings is 1. The van der Waals surface area contributed by atoms with Crippen molar-refractivity contribution >= 4 is 17.1 Å². The van der Waals surface area contributed by atoms with Crippen molar-refractivity contribution in [1.29, 1.82) is 0 Å². The van der Waals surface area contributed by atoms with Gasteiger partial charge in [0.25, 0.3) is 5.56 Å². The van der Waals surface area contributed by atoms with Gasteiger partial charge in [-0.05, 0) is 12.0 Å². The summed E-state index contributed by atoms with van der Waals surface area (Å²) >= 11 is 0. The minimum atomic E-state index is -1.06. The average molecular weight is 369 g/mol. The number of fused-ring (bicyclic) bond motifs is 1. The van der Waals surface area contributed by atoms with E-state index in [1.54, 1.807) is 7.05 Å². The van der Waals surface area contributed by atoms with Crippen molar-refractivity contribution in [2.45, 2.75) is 25.2 Å². The fourth-order valence-corrected chi connectivity index (χ4v) is 3.12. The summed E-state index contributed by atoms with van der Waals surface area (Å²) in [5.41, 5.74) is 7.17. The number of hydrogen-bond donors (Lipinski definition) is 2.